The van der Waals surface area contributed by atoms with Gasteiger partial charge in [0.15, 0.2) is 0 Å². The Hall–Kier alpha value is -3.65. The number of carboxylic acids is 1. The highest BCUT2D eigenvalue weighted by atomic mass is 19.1. The van der Waals surface area contributed by atoms with Crippen molar-refractivity contribution < 1.29 is 23.5 Å². The van der Waals surface area contributed by atoms with E-state index in [0.717, 1.165) is 0 Å². The second-order valence-electron chi connectivity index (χ2n) is 6.39. The van der Waals surface area contributed by atoms with Crippen LogP contribution in [-0.2, 0) is 11.3 Å². The number of alkyl halides is 1. The summed E-state index contributed by atoms with van der Waals surface area (Å²) in [4.78, 5) is 24.7. The average Bonchev–Trinajstić information content (AvgIpc) is 2.81. The quantitative estimate of drug-likeness (QED) is 0.474. The molecule has 6 nitrogen and oxygen atoms in total. The van der Waals surface area contributed by atoms with Gasteiger partial charge in [-0.2, -0.15) is 0 Å². The molecule has 0 saturated carbocycles. The number of nitrogens with two attached hydrogens (primary N) is 2. The Kier molecular flexibility index (Phi) is 13.5. The summed E-state index contributed by atoms with van der Waals surface area (Å²) in [6.45, 7) is 7.18. The zero-order chi connectivity index (χ0) is 25.6. The number of rotatable bonds is 4. The van der Waals surface area contributed by atoms with Crippen LogP contribution in [0.15, 0.2) is 54.6 Å². The van der Waals surface area contributed by atoms with Crippen LogP contribution in [-0.4, -0.2) is 29.0 Å². The first kappa shape index (κ1) is 29.4. The van der Waals surface area contributed by atoms with Gasteiger partial charge in [0, 0.05) is 23.2 Å². The third-order valence-electron chi connectivity index (χ3n) is 3.95. The summed E-state index contributed by atoms with van der Waals surface area (Å²) in [6, 6.07) is 14.3. The largest absolute Gasteiger partial charge is 0.478 e. The fraction of sp³-hybridized carbons (Fsp3) is 0.240. The molecule has 0 aliphatic heterocycles. The van der Waals surface area contributed by atoms with Crippen molar-refractivity contribution in [3.8, 4) is 22.4 Å². The van der Waals surface area contributed by atoms with Gasteiger partial charge in [-0.3, -0.25) is 4.39 Å². The Labute approximate surface area is 193 Å². The number of Topliss-reactive ketones (excluding diaryl/α,β-unsaturated/α-hetero) is 1. The maximum atomic E-state index is 14.2. The Morgan fingerprint density at radius 3 is 1.94 bits per heavy atom. The maximum absolute atomic E-state index is 14.2. The molecule has 33 heavy (non-hydrogen) atoms. The number of pyridine rings is 1. The van der Waals surface area contributed by atoms with Crippen molar-refractivity contribution in [1.29, 1.82) is 0 Å². The summed E-state index contributed by atoms with van der Waals surface area (Å²) in [5.41, 5.74) is 14.7. The molecule has 0 bridgehead atoms. The Balaban J connectivity index is 0.00000113. The van der Waals surface area contributed by atoms with E-state index in [1.54, 1.807) is 36.4 Å². The summed E-state index contributed by atoms with van der Waals surface area (Å²) in [7, 11) is 0.500. The van der Waals surface area contributed by atoms with Gasteiger partial charge in [-0.25, -0.2) is 14.2 Å². The van der Waals surface area contributed by atoms with Gasteiger partial charge in [-0.05, 0) is 43.7 Å². The summed E-state index contributed by atoms with van der Waals surface area (Å²) in [5.74, 6) is -1.000. The molecule has 1 heterocycles. The Morgan fingerprint density at radius 2 is 1.48 bits per heavy atom. The smallest absolute Gasteiger partial charge is 0.335 e. The SMILES string of the molecule is CC.CC(C)=O.CF.NCc1c(-c2ccccc2F)cc(-c2ccc(C(=O)O)cc2)nc1N. The molecule has 8 heteroatoms. The fourth-order valence-corrected chi connectivity index (χ4v) is 2.66. The molecule has 5 N–H and O–H groups in total. The minimum Gasteiger partial charge on any atom is -0.478 e. The topological polar surface area (TPSA) is 119 Å². The number of halogens is 2. The molecule has 1 aromatic heterocycles. The van der Waals surface area contributed by atoms with E-state index in [4.69, 9.17) is 16.6 Å². The van der Waals surface area contributed by atoms with Gasteiger partial charge < -0.3 is 21.4 Å². The molecule has 0 amide bonds. The lowest BCUT2D eigenvalue weighted by molar-refractivity contribution is -0.115. The number of hydrogen-bond acceptors (Lipinski definition) is 5. The van der Waals surface area contributed by atoms with E-state index >= 15 is 0 Å². The summed E-state index contributed by atoms with van der Waals surface area (Å²) >= 11 is 0. The number of benzene rings is 2. The van der Waals surface area contributed by atoms with E-state index in [0.29, 0.717) is 35.1 Å². The van der Waals surface area contributed by atoms with E-state index in [1.165, 1.54) is 32.0 Å². The number of aromatic nitrogens is 1. The molecule has 2 aromatic carbocycles. The summed E-state index contributed by atoms with van der Waals surface area (Å²) in [6.07, 6.45) is 0. The third-order valence-corrected chi connectivity index (χ3v) is 3.95. The number of nitrogen functional groups attached to an aromatic ring is 1. The van der Waals surface area contributed by atoms with Crippen LogP contribution in [0.3, 0.4) is 0 Å². The van der Waals surface area contributed by atoms with Crippen molar-refractivity contribution in [2.45, 2.75) is 34.2 Å². The number of carbonyl (C=O) groups is 2. The van der Waals surface area contributed by atoms with Gasteiger partial charge >= 0.3 is 5.97 Å². The van der Waals surface area contributed by atoms with Gasteiger partial charge in [0.05, 0.1) is 18.4 Å². The molecule has 0 fully saturated rings. The monoisotopic (exact) mass is 459 g/mol. The minimum atomic E-state index is -1.01. The lowest BCUT2D eigenvalue weighted by Crippen LogP contribution is -2.07. The highest BCUT2D eigenvalue weighted by molar-refractivity contribution is 5.88. The van der Waals surface area contributed by atoms with Crippen LogP contribution < -0.4 is 11.5 Å². The van der Waals surface area contributed by atoms with Gasteiger partial charge in [-0.1, -0.05) is 44.2 Å². The molecule has 0 atom stereocenters. The second-order valence-corrected chi connectivity index (χ2v) is 6.39. The van der Waals surface area contributed by atoms with E-state index in [9.17, 15) is 18.4 Å². The predicted molar refractivity (Wildman–Crippen MR) is 129 cm³/mol. The van der Waals surface area contributed by atoms with Crippen LogP contribution in [0.5, 0.6) is 0 Å². The third kappa shape index (κ3) is 8.78. The molecule has 0 spiro atoms. The molecule has 3 aromatic rings. The first-order chi connectivity index (χ1) is 15.7. The van der Waals surface area contributed by atoms with Gasteiger partial charge in [0.2, 0.25) is 0 Å². The van der Waals surface area contributed by atoms with Gasteiger partial charge in [-0.15, -0.1) is 0 Å². The Morgan fingerprint density at radius 1 is 0.970 bits per heavy atom. The molecule has 0 saturated heterocycles. The van der Waals surface area contributed by atoms with E-state index in [-0.39, 0.29) is 29.5 Å². The number of carbonyl (C=O) groups excluding carboxylic acids is 1. The number of carboxylic acid groups (broad SMARTS) is 1. The Bertz CT molecular complexity index is 1040. The van der Waals surface area contributed by atoms with E-state index < -0.39 is 5.97 Å². The molecule has 0 radical (unpaired) electrons. The average molecular weight is 460 g/mol. The number of nitrogens with zero attached hydrogens (tertiary/aromatic N) is 1. The normalized spacial score (nSPS) is 9.21. The van der Waals surface area contributed by atoms with Crippen molar-refractivity contribution in [2.75, 3.05) is 12.9 Å². The van der Waals surface area contributed by atoms with Crippen LogP contribution in [0.2, 0.25) is 0 Å². The van der Waals surface area contributed by atoms with Crippen LogP contribution in [0, 0.1) is 5.82 Å². The van der Waals surface area contributed by atoms with E-state index in [2.05, 4.69) is 4.98 Å². The fourth-order valence-electron chi connectivity index (χ4n) is 2.66. The first-order valence-corrected chi connectivity index (χ1v) is 10.2. The second kappa shape index (κ2) is 15.2. The van der Waals surface area contributed by atoms with Crippen LogP contribution >= 0.6 is 0 Å². The molecular formula is C25H31F2N3O3. The highest BCUT2D eigenvalue weighted by Gasteiger charge is 2.15. The predicted octanol–water partition coefficient (Wildman–Crippen LogP) is 5.50. The standard InChI is InChI=1S/C19H16FN3O2.C3H6O.C2H6.CH3F/c20-16-4-2-1-3-13(16)14-9-17(23-18(22)15(14)10-21)11-5-7-12(8-6-11)19(24)25;1-3(2)4;2*1-2/h1-9H,10,21H2,(H2,22,23)(H,24,25);1-2H3;1-2H3;1H3. The summed E-state index contributed by atoms with van der Waals surface area (Å²) < 4.78 is 23.7. The van der Waals surface area contributed by atoms with Crippen molar-refractivity contribution in [2.24, 2.45) is 5.73 Å². The van der Waals surface area contributed by atoms with Crippen molar-refractivity contribution >= 4 is 17.6 Å². The van der Waals surface area contributed by atoms with Gasteiger partial charge in [0.25, 0.3) is 0 Å². The molecule has 178 valence electrons. The van der Waals surface area contributed by atoms with Crippen LogP contribution in [0.4, 0.5) is 14.6 Å². The summed E-state index contributed by atoms with van der Waals surface area (Å²) in [5, 5.41) is 8.99. The van der Waals surface area contributed by atoms with Crippen LogP contribution in [0.1, 0.15) is 43.6 Å². The zero-order valence-electron chi connectivity index (χ0n) is 19.5. The first-order valence-electron chi connectivity index (χ1n) is 10.2. The molecular weight excluding hydrogens is 428 g/mol. The molecule has 0 unspecified atom stereocenters. The molecule has 0 aliphatic rings. The number of aromatic carboxylic acids is 1. The maximum Gasteiger partial charge on any atom is 0.335 e. The molecule has 3 rings (SSSR count). The minimum absolute atomic E-state index is 0.126. The lowest BCUT2D eigenvalue weighted by atomic mass is 9.97. The number of anilines is 1. The van der Waals surface area contributed by atoms with Crippen molar-refractivity contribution in [1.82, 2.24) is 4.98 Å². The number of hydrogen-bond donors (Lipinski definition) is 3. The highest BCUT2D eigenvalue weighted by Crippen LogP contribution is 2.32. The van der Waals surface area contributed by atoms with Crippen molar-refractivity contribution in [3.05, 3.63) is 71.5 Å². The van der Waals surface area contributed by atoms with Crippen molar-refractivity contribution in [3.63, 3.8) is 0 Å². The van der Waals surface area contributed by atoms with Crippen LogP contribution in [0.25, 0.3) is 22.4 Å². The zero-order valence-corrected chi connectivity index (χ0v) is 19.5. The molecule has 0 aliphatic carbocycles. The lowest BCUT2D eigenvalue weighted by Gasteiger charge is -2.14. The van der Waals surface area contributed by atoms with E-state index in [1.807, 2.05) is 13.8 Å². The van der Waals surface area contributed by atoms with Gasteiger partial charge in [0.1, 0.15) is 17.4 Å². The number of ketones is 1.